The summed E-state index contributed by atoms with van der Waals surface area (Å²) in [7, 11) is 0.288. The Labute approximate surface area is 117 Å². The third kappa shape index (κ3) is 4.29. The number of nitrogens with two attached hydrogens (primary N) is 1. The summed E-state index contributed by atoms with van der Waals surface area (Å²) < 4.78 is 27.0. The van der Waals surface area contributed by atoms with Gasteiger partial charge in [-0.25, -0.2) is 13.1 Å². The number of hydrogen-bond acceptors (Lipinski definition) is 5. The van der Waals surface area contributed by atoms with E-state index in [1.54, 1.807) is 6.07 Å². The second-order valence-corrected chi connectivity index (χ2v) is 7.73. The second kappa shape index (κ2) is 6.07. The number of nitrogens with zero attached hydrogens (tertiary/aromatic N) is 1. The van der Waals surface area contributed by atoms with Gasteiger partial charge in [0.15, 0.2) is 0 Å². The summed E-state index contributed by atoms with van der Waals surface area (Å²) in [4.78, 5) is 2.73. The van der Waals surface area contributed by atoms with Crippen LogP contribution in [0, 0.1) is 0 Å². The minimum Gasteiger partial charge on any atom is -0.389 e. The fourth-order valence-corrected chi connectivity index (χ4v) is 4.11. The smallest absolute Gasteiger partial charge is 0.250 e. The van der Waals surface area contributed by atoms with E-state index < -0.39 is 10.0 Å². The Hall–Kier alpha value is -0.540. The molecule has 0 fully saturated rings. The van der Waals surface area contributed by atoms with Gasteiger partial charge in [-0.05, 0) is 33.2 Å². The van der Waals surface area contributed by atoms with E-state index in [9.17, 15) is 8.42 Å². The maximum atomic E-state index is 12.1. The van der Waals surface area contributed by atoms with Crippen molar-refractivity contribution in [2.45, 2.75) is 17.2 Å². The number of rotatable bonds is 6. The molecule has 0 aliphatic heterocycles. The molecule has 0 radical (unpaired) electrons. The SMILES string of the molecule is CC(CN(C)C)NS(=O)(=O)c1ccc(C(N)=S)s1. The second-order valence-electron chi connectivity index (χ2n) is 4.27. The third-order valence-corrected chi connectivity index (χ3v) is 5.63. The van der Waals surface area contributed by atoms with Gasteiger partial charge in [0.25, 0.3) is 0 Å². The van der Waals surface area contributed by atoms with Gasteiger partial charge in [0.05, 0.1) is 4.88 Å². The standard InChI is InChI=1S/C10H17N3O2S3/c1-7(6-13(2)3)12-18(14,15)9-5-4-8(17-9)10(11)16/h4-5,7,12H,6H2,1-3H3,(H2,11,16). The van der Waals surface area contributed by atoms with E-state index in [2.05, 4.69) is 4.72 Å². The normalized spacial score (nSPS) is 13.8. The van der Waals surface area contributed by atoms with Crippen LogP contribution in [0.15, 0.2) is 16.3 Å². The van der Waals surface area contributed by atoms with Crippen LogP contribution in [0.25, 0.3) is 0 Å². The molecule has 1 rings (SSSR count). The van der Waals surface area contributed by atoms with Crippen LogP contribution in [0.4, 0.5) is 0 Å². The van der Waals surface area contributed by atoms with Crippen LogP contribution in [-0.4, -0.2) is 45.0 Å². The minimum atomic E-state index is -3.49. The molecule has 0 aliphatic rings. The average Bonchev–Trinajstić information content (AvgIpc) is 2.63. The lowest BCUT2D eigenvalue weighted by Gasteiger charge is -2.17. The first-order chi connectivity index (χ1) is 8.22. The van der Waals surface area contributed by atoms with Crippen molar-refractivity contribution in [1.29, 1.82) is 0 Å². The minimum absolute atomic E-state index is 0.166. The van der Waals surface area contributed by atoms with Crippen LogP contribution in [0.3, 0.4) is 0 Å². The third-order valence-electron chi connectivity index (χ3n) is 2.08. The lowest BCUT2D eigenvalue weighted by molar-refractivity contribution is 0.370. The van der Waals surface area contributed by atoms with Crippen LogP contribution in [0.2, 0.25) is 0 Å². The molecule has 3 N–H and O–H groups in total. The molecule has 1 aromatic heterocycles. The number of nitrogens with one attached hydrogen (secondary N) is 1. The van der Waals surface area contributed by atoms with E-state index in [-0.39, 0.29) is 15.2 Å². The Morgan fingerprint density at radius 2 is 2.17 bits per heavy atom. The molecular weight excluding hydrogens is 290 g/mol. The number of hydrogen-bond donors (Lipinski definition) is 2. The van der Waals surface area contributed by atoms with Crippen molar-refractivity contribution in [3.05, 3.63) is 17.0 Å². The molecule has 0 bridgehead atoms. The van der Waals surface area contributed by atoms with E-state index in [0.29, 0.717) is 11.4 Å². The van der Waals surface area contributed by atoms with Crippen molar-refractivity contribution < 1.29 is 8.42 Å². The molecule has 1 unspecified atom stereocenters. The molecule has 0 saturated carbocycles. The van der Waals surface area contributed by atoms with Crippen molar-refractivity contribution in [2.24, 2.45) is 5.73 Å². The maximum Gasteiger partial charge on any atom is 0.250 e. The van der Waals surface area contributed by atoms with Crippen LogP contribution in [-0.2, 0) is 10.0 Å². The van der Waals surface area contributed by atoms with Crippen molar-refractivity contribution in [3.63, 3.8) is 0 Å². The number of thiophene rings is 1. The zero-order valence-electron chi connectivity index (χ0n) is 10.5. The number of sulfonamides is 1. The topological polar surface area (TPSA) is 75.4 Å². The molecule has 0 spiro atoms. The molecule has 18 heavy (non-hydrogen) atoms. The van der Waals surface area contributed by atoms with Crippen molar-refractivity contribution in [1.82, 2.24) is 9.62 Å². The zero-order chi connectivity index (χ0) is 13.9. The summed E-state index contributed by atoms with van der Waals surface area (Å²) in [5.74, 6) is 0. The van der Waals surface area contributed by atoms with Gasteiger partial charge in [0.2, 0.25) is 10.0 Å². The molecule has 5 nitrogen and oxygen atoms in total. The first-order valence-electron chi connectivity index (χ1n) is 5.29. The average molecular weight is 307 g/mol. The van der Waals surface area contributed by atoms with Gasteiger partial charge in [0.1, 0.15) is 9.20 Å². The van der Waals surface area contributed by atoms with Crippen molar-refractivity contribution in [2.75, 3.05) is 20.6 Å². The number of likely N-dealkylation sites (N-methyl/N-ethyl adjacent to an activating group) is 1. The van der Waals surface area contributed by atoms with Crippen LogP contribution >= 0.6 is 23.6 Å². The largest absolute Gasteiger partial charge is 0.389 e. The Kier molecular flexibility index (Phi) is 5.23. The molecular formula is C10H17N3O2S3. The van der Waals surface area contributed by atoms with Gasteiger partial charge in [-0.2, -0.15) is 0 Å². The van der Waals surface area contributed by atoms with Crippen LogP contribution in [0.5, 0.6) is 0 Å². The lowest BCUT2D eigenvalue weighted by Crippen LogP contribution is -2.39. The highest BCUT2D eigenvalue weighted by Gasteiger charge is 2.20. The van der Waals surface area contributed by atoms with E-state index in [0.717, 1.165) is 11.3 Å². The predicted octanol–water partition coefficient (Wildman–Crippen LogP) is 0.611. The lowest BCUT2D eigenvalue weighted by atomic mass is 10.3. The monoisotopic (exact) mass is 307 g/mol. The Morgan fingerprint density at radius 3 is 2.61 bits per heavy atom. The van der Waals surface area contributed by atoms with Crippen LogP contribution < -0.4 is 10.5 Å². The highest BCUT2D eigenvalue weighted by atomic mass is 32.2. The summed E-state index contributed by atoms with van der Waals surface area (Å²) >= 11 is 5.89. The van der Waals surface area contributed by atoms with E-state index in [1.807, 2.05) is 25.9 Å². The Balaban J connectivity index is 2.82. The Bertz CT molecular complexity index is 522. The fourth-order valence-electron chi connectivity index (χ4n) is 1.50. The quantitative estimate of drug-likeness (QED) is 0.753. The molecule has 8 heteroatoms. The summed E-state index contributed by atoms with van der Waals surface area (Å²) in [6.07, 6.45) is 0. The highest BCUT2D eigenvalue weighted by Crippen LogP contribution is 2.21. The molecule has 1 atom stereocenters. The van der Waals surface area contributed by atoms with Gasteiger partial charge >= 0.3 is 0 Å². The van der Waals surface area contributed by atoms with Crippen LogP contribution in [0.1, 0.15) is 11.8 Å². The van der Waals surface area contributed by atoms with Gasteiger partial charge in [0, 0.05) is 12.6 Å². The fraction of sp³-hybridized carbons (Fsp3) is 0.500. The molecule has 1 heterocycles. The summed E-state index contributed by atoms with van der Waals surface area (Å²) in [6, 6.07) is 2.97. The van der Waals surface area contributed by atoms with Gasteiger partial charge < -0.3 is 10.6 Å². The van der Waals surface area contributed by atoms with Crippen molar-refractivity contribution >= 4 is 38.6 Å². The molecule has 0 amide bonds. The highest BCUT2D eigenvalue weighted by molar-refractivity contribution is 7.91. The number of thiocarbonyl (C=S) groups is 1. The van der Waals surface area contributed by atoms with E-state index in [1.165, 1.54) is 6.07 Å². The molecule has 0 saturated heterocycles. The Morgan fingerprint density at radius 1 is 1.56 bits per heavy atom. The zero-order valence-corrected chi connectivity index (χ0v) is 13.0. The molecule has 1 aromatic rings. The molecule has 0 aromatic carbocycles. The van der Waals surface area contributed by atoms with Gasteiger partial charge in [-0.15, -0.1) is 11.3 Å². The first-order valence-corrected chi connectivity index (χ1v) is 8.00. The van der Waals surface area contributed by atoms with Gasteiger partial charge in [-0.3, -0.25) is 0 Å². The van der Waals surface area contributed by atoms with E-state index in [4.69, 9.17) is 18.0 Å². The van der Waals surface area contributed by atoms with Crippen molar-refractivity contribution in [3.8, 4) is 0 Å². The molecule has 0 aliphatic carbocycles. The summed E-state index contributed by atoms with van der Waals surface area (Å²) in [6.45, 7) is 2.45. The predicted molar refractivity (Wildman–Crippen MR) is 78.5 cm³/mol. The van der Waals surface area contributed by atoms with Gasteiger partial charge in [-0.1, -0.05) is 12.2 Å². The summed E-state index contributed by atoms with van der Waals surface area (Å²) in [5.41, 5.74) is 5.46. The molecule has 102 valence electrons. The maximum absolute atomic E-state index is 12.1. The first kappa shape index (κ1) is 15.5. The summed E-state index contributed by atoms with van der Waals surface area (Å²) in [5, 5.41) is 0. The van der Waals surface area contributed by atoms with E-state index >= 15 is 0 Å².